The van der Waals surface area contributed by atoms with Crippen molar-refractivity contribution in [2.75, 3.05) is 13.1 Å². The van der Waals surface area contributed by atoms with Crippen LogP contribution in [0.1, 0.15) is 30.6 Å². The van der Waals surface area contributed by atoms with Gasteiger partial charge in [0, 0.05) is 16.7 Å². The van der Waals surface area contributed by atoms with E-state index >= 15 is 0 Å². The quantitative estimate of drug-likeness (QED) is 0.625. The number of nitrogens with one attached hydrogen (secondary N) is 1. The molecule has 0 atom stereocenters. The molecule has 0 aliphatic carbocycles. The third-order valence-corrected chi connectivity index (χ3v) is 3.24. The molecule has 0 radical (unpaired) electrons. The van der Waals surface area contributed by atoms with Crippen molar-refractivity contribution in [3.8, 4) is 0 Å². The van der Waals surface area contributed by atoms with Crippen molar-refractivity contribution in [1.29, 1.82) is 0 Å². The molecule has 18 heavy (non-hydrogen) atoms. The van der Waals surface area contributed by atoms with E-state index in [0.29, 0.717) is 18.3 Å². The summed E-state index contributed by atoms with van der Waals surface area (Å²) in [6.07, 6.45) is 0.811. The molecule has 1 amide bonds. The highest BCUT2D eigenvalue weighted by molar-refractivity contribution is 8.00. The standard InChI is InChI=1S/C13H20N2OS.ClH/c1-10(2)17-12-7-4-3-6-11(12)13(16)15-9-5-8-14;/h3-4,6-7,10H,5,8-9,14H2,1-2H3,(H,15,16);1H. The summed E-state index contributed by atoms with van der Waals surface area (Å²) in [5.41, 5.74) is 6.15. The maximum atomic E-state index is 12.0. The lowest BCUT2D eigenvalue weighted by atomic mass is 10.2. The van der Waals surface area contributed by atoms with E-state index in [1.165, 1.54) is 0 Å². The summed E-state index contributed by atoms with van der Waals surface area (Å²) in [6.45, 7) is 5.47. The number of hydrogen-bond acceptors (Lipinski definition) is 3. The number of rotatable bonds is 6. The predicted molar refractivity (Wildman–Crippen MR) is 80.7 cm³/mol. The number of thioether (sulfide) groups is 1. The van der Waals surface area contributed by atoms with Crippen molar-refractivity contribution in [2.45, 2.75) is 30.4 Å². The number of hydrogen-bond donors (Lipinski definition) is 2. The van der Waals surface area contributed by atoms with Gasteiger partial charge in [0.25, 0.3) is 5.91 Å². The number of halogens is 1. The van der Waals surface area contributed by atoms with Gasteiger partial charge in [-0.3, -0.25) is 4.79 Å². The molecule has 1 rings (SSSR count). The highest BCUT2D eigenvalue weighted by atomic mass is 35.5. The first-order chi connectivity index (χ1) is 8.15. The van der Waals surface area contributed by atoms with E-state index in [0.717, 1.165) is 16.9 Å². The first-order valence-corrected chi connectivity index (χ1v) is 6.77. The highest BCUT2D eigenvalue weighted by Crippen LogP contribution is 2.26. The van der Waals surface area contributed by atoms with Crippen LogP contribution in [0.4, 0.5) is 0 Å². The Kier molecular flexibility index (Phi) is 8.89. The van der Waals surface area contributed by atoms with E-state index in [9.17, 15) is 4.79 Å². The average Bonchev–Trinajstić information content (AvgIpc) is 2.29. The van der Waals surface area contributed by atoms with E-state index in [4.69, 9.17) is 5.73 Å². The van der Waals surface area contributed by atoms with Gasteiger partial charge in [-0.05, 0) is 25.1 Å². The van der Waals surface area contributed by atoms with Gasteiger partial charge < -0.3 is 11.1 Å². The molecule has 0 aromatic heterocycles. The zero-order chi connectivity index (χ0) is 12.7. The number of amides is 1. The molecule has 0 aliphatic heterocycles. The third-order valence-electron chi connectivity index (χ3n) is 2.16. The molecular formula is C13H21ClN2OS. The van der Waals surface area contributed by atoms with Gasteiger partial charge in [0.05, 0.1) is 5.56 Å². The van der Waals surface area contributed by atoms with Gasteiger partial charge in [0.2, 0.25) is 0 Å². The largest absolute Gasteiger partial charge is 0.352 e. The second kappa shape index (κ2) is 9.25. The molecule has 1 aromatic carbocycles. The summed E-state index contributed by atoms with van der Waals surface area (Å²) in [6, 6.07) is 7.70. The summed E-state index contributed by atoms with van der Waals surface area (Å²) >= 11 is 1.71. The Bertz CT molecular complexity index is 372. The SMILES string of the molecule is CC(C)Sc1ccccc1C(=O)NCCCN.Cl. The minimum absolute atomic E-state index is 0. The number of carbonyl (C=O) groups excluding carboxylic acids is 1. The van der Waals surface area contributed by atoms with Gasteiger partial charge in [0.15, 0.2) is 0 Å². The Labute approximate surface area is 119 Å². The molecule has 3 N–H and O–H groups in total. The Morgan fingerprint density at radius 2 is 2.06 bits per heavy atom. The van der Waals surface area contributed by atoms with Crippen molar-refractivity contribution < 1.29 is 4.79 Å². The Balaban J connectivity index is 0.00000289. The third kappa shape index (κ3) is 5.76. The van der Waals surface area contributed by atoms with E-state index in [1.807, 2.05) is 24.3 Å². The molecule has 0 fully saturated rings. The van der Waals surface area contributed by atoms with E-state index < -0.39 is 0 Å². The zero-order valence-corrected chi connectivity index (χ0v) is 12.4. The lowest BCUT2D eigenvalue weighted by Crippen LogP contribution is -2.26. The summed E-state index contributed by atoms with van der Waals surface area (Å²) in [7, 11) is 0. The summed E-state index contributed by atoms with van der Waals surface area (Å²) in [5, 5.41) is 3.35. The minimum atomic E-state index is -0.0119. The van der Waals surface area contributed by atoms with Crippen molar-refractivity contribution >= 4 is 30.1 Å². The zero-order valence-electron chi connectivity index (χ0n) is 10.8. The highest BCUT2D eigenvalue weighted by Gasteiger charge is 2.11. The number of carbonyl (C=O) groups is 1. The Morgan fingerprint density at radius 1 is 1.39 bits per heavy atom. The van der Waals surface area contributed by atoms with Gasteiger partial charge in [-0.1, -0.05) is 26.0 Å². The maximum Gasteiger partial charge on any atom is 0.252 e. The van der Waals surface area contributed by atoms with Gasteiger partial charge >= 0.3 is 0 Å². The van der Waals surface area contributed by atoms with Crippen LogP contribution in [-0.2, 0) is 0 Å². The average molecular weight is 289 g/mol. The smallest absolute Gasteiger partial charge is 0.252 e. The van der Waals surface area contributed by atoms with Crippen LogP contribution in [-0.4, -0.2) is 24.2 Å². The van der Waals surface area contributed by atoms with Crippen LogP contribution in [0.5, 0.6) is 0 Å². The van der Waals surface area contributed by atoms with Crippen LogP contribution in [0.25, 0.3) is 0 Å². The Morgan fingerprint density at radius 3 is 2.67 bits per heavy atom. The second-order valence-corrected chi connectivity index (χ2v) is 5.68. The molecule has 0 heterocycles. The molecule has 0 spiro atoms. The number of benzene rings is 1. The van der Waals surface area contributed by atoms with Crippen LogP contribution in [0, 0.1) is 0 Å². The lowest BCUT2D eigenvalue weighted by molar-refractivity contribution is 0.0950. The first-order valence-electron chi connectivity index (χ1n) is 5.89. The second-order valence-electron chi connectivity index (χ2n) is 4.06. The molecule has 1 aromatic rings. The molecule has 0 bridgehead atoms. The van der Waals surface area contributed by atoms with E-state index in [2.05, 4.69) is 19.2 Å². The van der Waals surface area contributed by atoms with Crippen LogP contribution in [0.2, 0.25) is 0 Å². The summed E-state index contributed by atoms with van der Waals surface area (Å²) in [5.74, 6) is -0.0119. The normalized spacial score (nSPS) is 10.0. The molecule has 0 unspecified atom stereocenters. The fourth-order valence-corrected chi connectivity index (χ4v) is 2.36. The van der Waals surface area contributed by atoms with Crippen LogP contribution < -0.4 is 11.1 Å². The van der Waals surface area contributed by atoms with Gasteiger partial charge in [0.1, 0.15) is 0 Å². The molecule has 0 saturated carbocycles. The molecule has 3 nitrogen and oxygen atoms in total. The fraction of sp³-hybridized carbons (Fsp3) is 0.462. The van der Waals surface area contributed by atoms with Crippen molar-refractivity contribution in [1.82, 2.24) is 5.32 Å². The summed E-state index contributed by atoms with van der Waals surface area (Å²) in [4.78, 5) is 13.0. The fourth-order valence-electron chi connectivity index (χ4n) is 1.41. The minimum Gasteiger partial charge on any atom is -0.352 e. The number of nitrogens with two attached hydrogens (primary N) is 1. The van der Waals surface area contributed by atoms with Crippen LogP contribution in [0.15, 0.2) is 29.2 Å². The van der Waals surface area contributed by atoms with Crippen molar-refractivity contribution in [2.24, 2.45) is 5.73 Å². The topological polar surface area (TPSA) is 55.1 Å². The summed E-state index contributed by atoms with van der Waals surface area (Å²) < 4.78 is 0. The van der Waals surface area contributed by atoms with E-state index in [1.54, 1.807) is 11.8 Å². The molecule has 0 saturated heterocycles. The van der Waals surface area contributed by atoms with Crippen LogP contribution in [0.3, 0.4) is 0 Å². The lowest BCUT2D eigenvalue weighted by Gasteiger charge is -2.11. The first kappa shape index (κ1) is 17.3. The van der Waals surface area contributed by atoms with Gasteiger partial charge in [-0.15, -0.1) is 24.2 Å². The van der Waals surface area contributed by atoms with E-state index in [-0.39, 0.29) is 18.3 Å². The van der Waals surface area contributed by atoms with Crippen molar-refractivity contribution in [3.63, 3.8) is 0 Å². The van der Waals surface area contributed by atoms with Crippen molar-refractivity contribution in [3.05, 3.63) is 29.8 Å². The van der Waals surface area contributed by atoms with Gasteiger partial charge in [-0.25, -0.2) is 0 Å². The molecular weight excluding hydrogens is 268 g/mol. The Hall–Kier alpha value is -0.710. The van der Waals surface area contributed by atoms with Crippen LogP contribution >= 0.6 is 24.2 Å². The predicted octanol–water partition coefficient (Wildman–Crippen LogP) is 2.69. The maximum absolute atomic E-state index is 12.0. The monoisotopic (exact) mass is 288 g/mol. The van der Waals surface area contributed by atoms with Gasteiger partial charge in [-0.2, -0.15) is 0 Å². The molecule has 0 aliphatic rings. The molecule has 102 valence electrons. The molecule has 5 heteroatoms.